The minimum atomic E-state index is -3.47. The fraction of sp³-hybridized carbons (Fsp3) is 1.00. The van der Waals surface area contributed by atoms with E-state index in [9.17, 15) is 0 Å². The van der Waals surface area contributed by atoms with E-state index in [0.717, 1.165) is 44.9 Å². The molecule has 0 bridgehead atoms. The van der Waals surface area contributed by atoms with Crippen molar-refractivity contribution >= 4 is 300 Å². The Balaban J connectivity index is 6.66. The largest absolute Gasteiger partial charge is 0.500 e. The summed E-state index contributed by atoms with van der Waals surface area (Å²) < 4.78 is 120. The molecule has 0 saturated heterocycles. The highest BCUT2D eigenvalue weighted by Gasteiger charge is 2.87. The van der Waals surface area contributed by atoms with Crippen molar-refractivity contribution in [3.8, 4) is 0 Å². The van der Waals surface area contributed by atoms with Gasteiger partial charge in [-0.25, -0.2) is 0 Å². The molecular formula is C66H156O18S24Si6. The molecule has 0 radical (unpaired) electrons. The summed E-state index contributed by atoms with van der Waals surface area (Å²) in [6.07, 6.45) is 10.8. The smallest absolute Gasteiger partial charge is 0.374 e. The first kappa shape index (κ1) is 121. The fourth-order valence-corrected chi connectivity index (χ4v) is 115. The molecule has 114 heavy (non-hydrogen) atoms. The Morgan fingerprint density at radius 3 is 0.456 bits per heavy atom. The van der Waals surface area contributed by atoms with Gasteiger partial charge in [-0.15, -0.1) is 188 Å². The van der Waals surface area contributed by atoms with Gasteiger partial charge in [-0.05, 0) is 269 Å². The molecule has 6 unspecified atom stereocenters. The summed E-state index contributed by atoms with van der Waals surface area (Å²) in [4.78, 5) is 0. The Morgan fingerprint density at radius 1 is 0.211 bits per heavy atom. The number of thiol groups is 12. The third-order valence-corrected chi connectivity index (χ3v) is 109. The van der Waals surface area contributed by atoms with Gasteiger partial charge in [-0.3, -0.25) is 0 Å². The van der Waals surface area contributed by atoms with E-state index >= 15 is 0 Å². The Bertz CT molecular complexity index is 2130. The zero-order chi connectivity index (χ0) is 86.3. The molecule has 0 aromatic carbocycles. The molecule has 0 heterocycles. The topological polar surface area (TPSA) is 166 Å². The van der Waals surface area contributed by atoms with Crippen LogP contribution in [-0.4, -0.2) is 219 Å². The maximum absolute atomic E-state index is 7.13. The second-order valence-electron chi connectivity index (χ2n) is 26.1. The van der Waals surface area contributed by atoms with Gasteiger partial charge in [0, 0.05) is 155 Å². The molecule has 0 aromatic rings. The van der Waals surface area contributed by atoms with Crippen molar-refractivity contribution in [2.45, 2.75) is 269 Å². The molecule has 1 aliphatic carbocycles. The van der Waals surface area contributed by atoms with Gasteiger partial charge >= 0.3 is 52.8 Å². The Morgan fingerprint density at radius 2 is 0.333 bits per heavy atom. The van der Waals surface area contributed by atoms with Crippen LogP contribution in [-0.2, 0) is 79.7 Å². The molecular weight excluding hydrogens is 2020 g/mol. The average Bonchev–Trinajstić information content (AvgIpc) is 0.630. The van der Waals surface area contributed by atoms with E-state index in [-0.39, 0.29) is 0 Å². The van der Waals surface area contributed by atoms with E-state index in [4.69, 9.17) is 220 Å². The molecule has 48 heteroatoms. The van der Waals surface area contributed by atoms with Crippen LogP contribution in [0.2, 0.25) is 36.3 Å². The highest BCUT2D eigenvalue weighted by atomic mass is 33.8. The highest BCUT2D eigenvalue weighted by molar-refractivity contribution is 9.46. The predicted molar refractivity (Wildman–Crippen MR) is 578 cm³/mol. The van der Waals surface area contributed by atoms with E-state index in [0.29, 0.717) is 241 Å². The van der Waals surface area contributed by atoms with Crippen molar-refractivity contribution < 1.29 is 79.7 Å². The molecule has 1 rings (SSSR count). The minimum absolute atomic E-state index is 0.393. The van der Waals surface area contributed by atoms with E-state index in [1.807, 2.05) is 125 Å². The van der Waals surface area contributed by atoms with Crippen molar-refractivity contribution in [1.29, 1.82) is 0 Å². The van der Waals surface area contributed by atoms with E-state index in [1.165, 1.54) is 0 Å². The normalized spacial score (nSPS) is 23.3. The monoisotopic (exact) mass is 2170 g/mol. The van der Waals surface area contributed by atoms with Crippen LogP contribution in [0.4, 0.5) is 0 Å². The second kappa shape index (κ2) is 63.3. The third kappa shape index (κ3) is 32.1. The molecule has 0 aliphatic heterocycles. The van der Waals surface area contributed by atoms with Crippen LogP contribution in [0.3, 0.4) is 0 Å². The molecule has 1 aliphatic rings. The van der Waals surface area contributed by atoms with E-state index in [1.54, 1.807) is 59.0 Å². The maximum atomic E-state index is 7.13. The summed E-state index contributed by atoms with van der Waals surface area (Å²) in [6.45, 7) is 43.6. The van der Waals surface area contributed by atoms with Gasteiger partial charge in [0.05, 0.1) is 8.16 Å². The van der Waals surface area contributed by atoms with Gasteiger partial charge in [-0.1, -0.05) is 44.9 Å². The van der Waals surface area contributed by atoms with Gasteiger partial charge in [0.15, 0.2) is 0 Å². The van der Waals surface area contributed by atoms with Crippen LogP contribution in [0, 0.1) is 0 Å². The number of hydrogen-bond donors (Lipinski definition) is 12. The molecule has 0 N–H and O–H groups in total. The summed E-state index contributed by atoms with van der Waals surface area (Å²) in [7, 11) is -29.0. The van der Waals surface area contributed by atoms with Gasteiger partial charge < -0.3 is 79.7 Å². The summed E-state index contributed by atoms with van der Waals surface area (Å²) >= 11 is 78.2. The van der Waals surface area contributed by atoms with Crippen molar-refractivity contribution in [3.63, 3.8) is 0 Å². The van der Waals surface area contributed by atoms with E-state index < -0.39 is 114 Å². The zero-order valence-electron chi connectivity index (χ0n) is 71.9. The molecule has 18 nitrogen and oxygen atoms in total. The van der Waals surface area contributed by atoms with Crippen LogP contribution in [0.25, 0.3) is 0 Å². The standard InChI is InChI=1S/C66H156O18S24Si6/c1-19-67-109(68-20-2,69-21-3)58-44-52-103(91,97-85)64(104(92,98-86)53-45-59-110(70-22-4,71-23-5)72-24-6)50-42-40-38-37-39-41-43-51-65(105(93,99-87)54-46-60-111(73-25-7,74-26-8)75-27-9,106(94,100-88)55-47-61-112(76-28-10,77-29-11)78-30-12)66(64,107(95,101-89)56-48-62-113(79-31-13,80-32-14)81-33-15)108(96,102-90)57-49-63-114(82-34-16,83-35-17)84-36-18/h85-96H,19-63H2,1-18H3. The summed E-state index contributed by atoms with van der Waals surface area (Å²) in [5, 5.41) is 0. The van der Waals surface area contributed by atoms with Crippen LogP contribution in [0.5, 0.6) is 0 Å². The van der Waals surface area contributed by atoms with E-state index in [2.05, 4.69) is 0 Å². The highest BCUT2D eigenvalue weighted by Crippen LogP contribution is 3.12. The lowest BCUT2D eigenvalue weighted by molar-refractivity contribution is 0.0704. The lowest BCUT2D eigenvalue weighted by Gasteiger charge is -2.84. The Kier molecular flexibility index (Phi) is 67.2. The quantitative estimate of drug-likeness (QED) is 0.0158. The lowest BCUT2D eigenvalue weighted by atomic mass is 9.98. The third-order valence-electron chi connectivity index (χ3n) is 19.2. The van der Waals surface area contributed by atoms with Crippen LogP contribution < -0.4 is 0 Å². The first-order valence-electron chi connectivity index (χ1n) is 41.1. The zero-order valence-corrected chi connectivity index (χ0v) is 98.5. The first-order valence-corrected chi connectivity index (χ1v) is 84.1. The molecule has 0 spiro atoms. The Labute approximate surface area is 792 Å². The Hall–Kier alpha value is 8.98. The van der Waals surface area contributed by atoms with Crippen LogP contribution in [0.15, 0.2) is 0 Å². The van der Waals surface area contributed by atoms with Crippen molar-refractivity contribution in [2.24, 2.45) is 0 Å². The van der Waals surface area contributed by atoms with Gasteiger partial charge in [-0.2, -0.15) is 0 Å². The number of hydrogen-bond acceptors (Lipinski definition) is 36. The summed E-state index contributed by atoms with van der Waals surface area (Å²) in [6, 6.07) is 2.90. The SMILES string of the molecule is CCO[Si](CCCS(S)(SS)C1(S(S)(CCC[Si](OCC)(OCC)OCC)SS)CCCCCCCCCC(S(S)(CCC[Si](OCC)(OCC)OCC)SS)(S(S)(CCC[Si](OCC)(OCC)OCC)SS)C1(S(S)(CCC[Si](OCC)(OCC)OCC)SS)S(S)(CCC[Si](OCC)(OCC)OCC)SS)(OCC)OCC. The average molecular weight is 2180 g/mol. The lowest BCUT2D eigenvalue weighted by Crippen LogP contribution is -2.72. The minimum Gasteiger partial charge on any atom is -0.374 e. The molecule has 696 valence electrons. The first-order chi connectivity index (χ1) is 54.4. The molecule has 0 aromatic heterocycles. The summed E-state index contributed by atoms with van der Waals surface area (Å²) in [5.41, 5.74) is 0. The van der Waals surface area contributed by atoms with Gasteiger partial charge in [0.2, 0.25) is 0 Å². The van der Waals surface area contributed by atoms with Crippen molar-refractivity contribution in [2.75, 3.05) is 153 Å². The molecule has 1 saturated carbocycles. The second-order valence-corrected chi connectivity index (χ2v) is 95.0. The van der Waals surface area contributed by atoms with Gasteiger partial charge in [0.1, 0.15) is 4.08 Å². The predicted octanol–water partition coefficient (Wildman–Crippen LogP) is 27.1. The number of rotatable bonds is 72. The maximum Gasteiger partial charge on any atom is 0.500 e. The summed E-state index contributed by atoms with van der Waals surface area (Å²) in [5.74, 6) is 2.97. The van der Waals surface area contributed by atoms with Crippen LogP contribution >= 0.6 is 247 Å². The van der Waals surface area contributed by atoms with Gasteiger partial charge in [0.25, 0.3) is 0 Å². The van der Waals surface area contributed by atoms with Crippen molar-refractivity contribution in [3.05, 3.63) is 0 Å². The van der Waals surface area contributed by atoms with Crippen molar-refractivity contribution in [1.82, 2.24) is 0 Å². The molecule has 6 atom stereocenters. The van der Waals surface area contributed by atoms with Crippen LogP contribution in [0.1, 0.15) is 221 Å². The fourth-order valence-electron chi connectivity index (χ4n) is 15.7. The molecule has 0 amide bonds. The molecule has 1 fully saturated rings.